The number of aliphatic hydroxyl groups excluding tert-OH is 1. The van der Waals surface area contributed by atoms with Gasteiger partial charge in [0.1, 0.15) is 0 Å². The zero-order chi connectivity index (χ0) is 17.6. The minimum absolute atomic E-state index is 0.0666. The van der Waals surface area contributed by atoms with Crippen LogP contribution in [-0.4, -0.2) is 35.2 Å². The van der Waals surface area contributed by atoms with Gasteiger partial charge in [-0.05, 0) is 30.9 Å². The molecule has 1 heterocycles. The van der Waals surface area contributed by atoms with Crippen molar-refractivity contribution in [2.24, 2.45) is 5.92 Å². The van der Waals surface area contributed by atoms with E-state index in [-0.39, 0.29) is 24.1 Å². The predicted molar refractivity (Wildman–Crippen MR) is 99.2 cm³/mol. The first-order valence-corrected chi connectivity index (χ1v) is 8.98. The van der Waals surface area contributed by atoms with Crippen LogP contribution >= 0.6 is 0 Å². The first kappa shape index (κ1) is 17.5. The molecular formula is C21H26N2O2. The highest BCUT2D eigenvalue weighted by molar-refractivity contribution is 5.75. The minimum Gasteiger partial charge on any atom is -0.393 e. The van der Waals surface area contributed by atoms with E-state index in [1.807, 2.05) is 72.5 Å². The number of hydrogen-bond acceptors (Lipinski definition) is 2. The summed E-state index contributed by atoms with van der Waals surface area (Å²) >= 11 is 0. The smallest absolute Gasteiger partial charge is 0.318 e. The van der Waals surface area contributed by atoms with Crippen LogP contribution in [0, 0.1) is 5.92 Å². The highest BCUT2D eigenvalue weighted by atomic mass is 16.3. The molecule has 2 amide bonds. The Balaban J connectivity index is 1.77. The van der Waals surface area contributed by atoms with Crippen LogP contribution in [0.5, 0.6) is 0 Å². The van der Waals surface area contributed by atoms with E-state index in [9.17, 15) is 9.90 Å². The Morgan fingerprint density at radius 2 is 1.64 bits per heavy atom. The van der Waals surface area contributed by atoms with Crippen LogP contribution in [-0.2, 0) is 0 Å². The van der Waals surface area contributed by atoms with Crippen LogP contribution in [0.25, 0.3) is 0 Å². The number of amides is 2. The first-order chi connectivity index (χ1) is 12.1. The topological polar surface area (TPSA) is 52.6 Å². The number of benzene rings is 2. The third kappa shape index (κ3) is 4.40. The van der Waals surface area contributed by atoms with Gasteiger partial charge in [0.25, 0.3) is 0 Å². The van der Waals surface area contributed by atoms with Crippen molar-refractivity contribution in [3.63, 3.8) is 0 Å². The van der Waals surface area contributed by atoms with E-state index in [2.05, 4.69) is 5.32 Å². The number of nitrogens with zero attached hydrogens (tertiary/aromatic N) is 1. The highest BCUT2D eigenvalue weighted by Gasteiger charge is 2.28. The summed E-state index contributed by atoms with van der Waals surface area (Å²) in [4.78, 5) is 14.7. The molecule has 2 N–H and O–H groups in total. The normalized spacial score (nSPS) is 18.8. The average Bonchev–Trinajstić information content (AvgIpc) is 2.67. The standard InChI is InChI=1S/C21H26N2O2/c1-16(24)19-13-8-14-23(15-19)21(25)22-20(17-9-4-2-5-10-17)18-11-6-3-7-12-18/h2-7,9-12,16,19-20,24H,8,13-15H2,1H3,(H,22,25). The molecule has 1 aliphatic rings. The Morgan fingerprint density at radius 3 is 2.16 bits per heavy atom. The van der Waals surface area contributed by atoms with E-state index in [0.29, 0.717) is 6.54 Å². The second kappa shape index (κ2) is 8.17. The third-order valence-corrected chi connectivity index (χ3v) is 4.96. The van der Waals surface area contributed by atoms with Gasteiger partial charge in [0.15, 0.2) is 0 Å². The molecule has 0 radical (unpaired) electrons. The van der Waals surface area contributed by atoms with Crippen LogP contribution in [0.1, 0.15) is 36.9 Å². The second-order valence-electron chi connectivity index (χ2n) is 6.79. The summed E-state index contributed by atoms with van der Waals surface area (Å²) in [5.41, 5.74) is 2.12. The van der Waals surface area contributed by atoms with Crippen LogP contribution in [0.4, 0.5) is 4.79 Å². The molecule has 2 unspecified atom stereocenters. The molecule has 1 fully saturated rings. The first-order valence-electron chi connectivity index (χ1n) is 8.98. The average molecular weight is 338 g/mol. The lowest BCUT2D eigenvalue weighted by molar-refractivity contribution is 0.0735. The molecule has 0 aliphatic carbocycles. The highest BCUT2D eigenvalue weighted by Crippen LogP contribution is 2.24. The van der Waals surface area contributed by atoms with Crippen molar-refractivity contribution < 1.29 is 9.90 Å². The zero-order valence-electron chi connectivity index (χ0n) is 14.6. The molecule has 3 rings (SSSR count). The van der Waals surface area contributed by atoms with Gasteiger partial charge < -0.3 is 15.3 Å². The molecule has 4 nitrogen and oxygen atoms in total. The summed E-state index contributed by atoms with van der Waals surface area (Å²) in [5.74, 6) is 0.159. The van der Waals surface area contributed by atoms with Crippen molar-refractivity contribution in [2.75, 3.05) is 13.1 Å². The number of likely N-dealkylation sites (tertiary alicyclic amines) is 1. The molecule has 132 valence electrons. The molecule has 2 aromatic carbocycles. The minimum atomic E-state index is -0.380. The number of urea groups is 1. The molecule has 1 saturated heterocycles. The number of piperidine rings is 1. The maximum Gasteiger partial charge on any atom is 0.318 e. The number of carbonyl (C=O) groups excluding carboxylic acids is 1. The lowest BCUT2D eigenvalue weighted by Gasteiger charge is -2.35. The summed E-state index contributed by atoms with van der Waals surface area (Å²) < 4.78 is 0. The van der Waals surface area contributed by atoms with Crippen LogP contribution < -0.4 is 5.32 Å². The van der Waals surface area contributed by atoms with E-state index in [1.165, 1.54) is 0 Å². The lowest BCUT2D eigenvalue weighted by Crippen LogP contribution is -2.48. The Bertz CT molecular complexity index is 633. The fraction of sp³-hybridized carbons (Fsp3) is 0.381. The summed E-state index contributed by atoms with van der Waals surface area (Å²) in [5, 5.41) is 13.0. The molecule has 2 aromatic rings. The van der Waals surface area contributed by atoms with Gasteiger partial charge in [-0.1, -0.05) is 60.7 Å². The summed E-state index contributed by atoms with van der Waals surface area (Å²) in [6, 6.07) is 19.8. The largest absolute Gasteiger partial charge is 0.393 e. The van der Waals surface area contributed by atoms with E-state index in [4.69, 9.17) is 0 Å². The molecule has 0 saturated carbocycles. The Kier molecular flexibility index (Phi) is 5.71. The molecular weight excluding hydrogens is 312 g/mol. The SMILES string of the molecule is CC(O)C1CCCN(C(=O)NC(c2ccccc2)c2ccccc2)C1. The lowest BCUT2D eigenvalue weighted by atomic mass is 9.93. The third-order valence-electron chi connectivity index (χ3n) is 4.96. The monoisotopic (exact) mass is 338 g/mol. The van der Waals surface area contributed by atoms with Gasteiger partial charge in [0.2, 0.25) is 0 Å². The van der Waals surface area contributed by atoms with Gasteiger partial charge in [0.05, 0.1) is 12.1 Å². The van der Waals surface area contributed by atoms with Crippen LogP contribution in [0.2, 0.25) is 0 Å². The van der Waals surface area contributed by atoms with Crippen molar-refractivity contribution in [1.29, 1.82) is 0 Å². The van der Waals surface area contributed by atoms with E-state index >= 15 is 0 Å². The second-order valence-corrected chi connectivity index (χ2v) is 6.79. The summed E-state index contributed by atoms with van der Waals surface area (Å²) in [7, 11) is 0. The zero-order valence-corrected chi connectivity index (χ0v) is 14.6. The number of carbonyl (C=O) groups is 1. The molecule has 2 atom stereocenters. The number of rotatable bonds is 4. The van der Waals surface area contributed by atoms with Crippen molar-refractivity contribution in [1.82, 2.24) is 10.2 Å². The van der Waals surface area contributed by atoms with Crippen molar-refractivity contribution >= 4 is 6.03 Å². The van der Waals surface area contributed by atoms with Gasteiger partial charge in [-0.2, -0.15) is 0 Å². The quantitative estimate of drug-likeness (QED) is 0.895. The Morgan fingerprint density at radius 1 is 1.08 bits per heavy atom. The van der Waals surface area contributed by atoms with Gasteiger partial charge in [-0.25, -0.2) is 4.79 Å². The van der Waals surface area contributed by atoms with E-state index in [0.717, 1.165) is 30.5 Å². The molecule has 0 bridgehead atoms. The van der Waals surface area contributed by atoms with Crippen molar-refractivity contribution in [3.8, 4) is 0 Å². The Labute approximate surface area is 149 Å². The molecule has 1 aliphatic heterocycles. The maximum atomic E-state index is 12.9. The molecule has 0 aromatic heterocycles. The number of nitrogens with one attached hydrogen (secondary N) is 1. The van der Waals surface area contributed by atoms with Crippen molar-refractivity contribution in [2.45, 2.75) is 31.9 Å². The fourth-order valence-corrected chi connectivity index (χ4v) is 3.45. The van der Waals surface area contributed by atoms with E-state index < -0.39 is 0 Å². The maximum absolute atomic E-state index is 12.9. The number of hydrogen-bond donors (Lipinski definition) is 2. The van der Waals surface area contributed by atoms with Crippen LogP contribution in [0.3, 0.4) is 0 Å². The molecule has 4 heteroatoms. The van der Waals surface area contributed by atoms with Gasteiger partial charge in [-0.15, -0.1) is 0 Å². The van der Waals surface area contributed by atoms with Crippen LogP contribution in [0.15, 0.2) is 60.7 Å². The molecule has 25 heavy (non-hydrogen) atoms. The summed E-state index contributed by atoms with van der Waals surface area (Å²) in [6.07, 6.45) is 1.53. The number of aliphatic hydroxyl groups is 1. The van der Waals surface area contributed by atoms with E-state index in [1.54, 1.807) is 0 Å². The fourth-order valence-electron chi connectivity index (χ4n) is 3.45. The van der Waals surface area contributed by atoms with Gasteiger partial charge in [-0.3, -0.25) is 0 Å². The summed E-state index contributed by atoms with van der Waals surface area (Å²) in [6.45, 7) is 3.16. The Hall–Kier alpha value is -2.33. The van der Waals surface area contributed by atoms with Crippen molar-refractivity contribution in [3.05, 3.63) is 71.8 Å². The molecule has 0 spiro atoms. The predicted octanol–water partition coefficient (Wildman–Crippen LogP) is 3.58. The van der Waals surface area contributed by atoms with Gasteiger partial charge >= 0.3 is 6.03 Å². The van der Waals surface area contributed by atoms with Gasteiger partial charge in [0, 0.05) is 19.0 Å².